The molecule has 0 N–H and O–H groups in total. The predicted octanol–water partition coefficient (Wildman–Crippen LogP) is 3.41. The van der Waals surface area contributed by atoms with E-state index in [-0.39, 0.29) is 22.6 Å². The molecule has 41 heavy (non-hydrogen) atoms. The van der Waals surface area contributed by atoms with Gasteiger partial charge in [0.25, 0.3) is 11.5 Å². The lowest BCUT2D eigenvalue weighted by molar-refractivity contribution is -0.138. The lowest BCUT2D eigenvalue weighted by Gasteiger charge is -2.24. The van der Waals surface area contributed by atoms with Crippen molar-refractivity contribution in [2.24, 2.45) is 4.99 Å². The van der Waals surface area contributed by atoms with Crippen LogP contribution >= 0.6 is 11.3 Å². The van der Waals surface area contributed by atoms with E-state index in [4.69, 9.17) is 9.47 Å². The van der Waals surface area contributed by atoms with Crippen LogP contribution in [0.2, 0.25) is 0 Å². The Hall–Kier alpha value is -4.57. The fraction of sp³-hybridized carbons (Fsp3) is 0.258. The number of hydrogen-bond donors (Lipinski definition) is 0. The van der Waals surface area contributed by atoms with Crippen LogP contribution in [0.3, 0.4) is 0 Å². The molecule has 0 fully saturated rings. The number of ether oxygens (including phenoxy) is 2. The van der Waals surface area contributed by atoms with Crippen LogP contribution in [0.4, 0.5) is 5.69 Å². The number of para-hydroxylation sites is 1. The van der Waals surface area contributed by atoms with Gasteiger partial charge < -0.3 is 14.4 Å². The maximum absolute atomic E-state index is 14.2. The normalized spacial score (nSPS) is 17.1. The van der Waals surface area contributed by atoms with Crippen LogP contribution in [0.5, 0.6) is 5.75 Å². The van der Waals surface area contributed by atoms with Gasteiger partial charge in [0.05, 0.1) is 28.6 Å². The zero-order valence-electron chi connectivity index (χ0n) is 23.0. The average molecular weight is 572 g/mol. The van der Waals surface area contributed by atoms with E-state index in [1.54, 1.807) is 36.1 Å². The van der Waals surface area contributed by atoms with Crippen molar-refractivity contribution in [1.82, 2.24) is 4.57 Å². The van der Waals surface area contributed by atoms with Crippen LogP contribution in [0.1, 0.15) is 50.8 Å². The summed E-state index contributed by atoms with van der Waals surface area (Å²) in [6.45, 7) is 9.19. The summed E-state index contributed by atoms with van der Waals surface area (Å²) in [6.07, 6.45) is 3.21. The number of fused-ring (bicyclic) bond motifs is 2. The summed E-state index contributed by atoms with van der Waals surface area (Å²) in [6, 6.07) is 13.1. The van der Waals surface area contributed by atoms with E-state index in [9.17, 15) is 19.2 Å². The number of esters is 2. The highest BCUT2D eigenvalue weighted by Crippen LogP contribution is 2.36. The first kappa shape index (κ1) is 28.0. The quantitative estimate of drug-likeness (QED) is 0.233. The van der Waals surface area contributed by atoms with Crippen molar-refractivity contribution in [1.29, 1.82) is 0 Å². The number of thiazole rings is 1. The highest BCUT2D eigenvalue weighted by Gasteiger charge is 2.37. The molecule has 0 radical (unpaired) electrons. The molecule has 5 rings (SSSR count). The van der Waals surface area contributed by atoms with E-state index >= 15 is 0 Å². The van der Waals surface area contributed by atoms with E-state index in [0.29, 0.717) is 39.5 Å². The molecular formula is C31H29N3O6S. The number of aromatic nitrogens is 1. The van der Waals surface area contributed by atoms with Crippen LogP contribution in [0.25, 0.3) is 5.57 Å². The van der Waals surface area contributed by atoms with Crippen LogP contribution in [-0.4, -0.2) is 35.6 Å². The Bertz CT molecular complexity index is 1780. The number of amides is 1. The van der Waals surface area contributed by atoms with Crippen LogP contribution < -0.4 is 24.5 Å². The van der Waals surface area contributed by atoms with Gasteiger partial charge in [0.15, 0.2) is 4.80 Å². The summed E-state index contributed by atoms with van der Waals surface area (Å²) in [7, 11) is 0. The van der Waals surface area contributed by atoms with E-state index in [1.807, 2.05) is 24.3 Å². The molecule has 0 spiro atoms. The Morgan fingerprint density at radius 2 is 1.85 bits per heavy atom. The van der Waals surface area contributed by atoms with Crippen molar-refractivity contribution < 1.29 is 23.9 Å². The molecule has 210 valence electrons. The maximum Gasteiger partial charge on any atom is 0.338 e. The molecule has 3 heterocycles. The molecule has 2 aliphatic rings. The van der Waals surface area contributed by atoms with Gasteiger partial charge in [-0.25, -0.2) is 9.79 Å². The first-order valence-corrected chi connectivity index (χ1v) is 14.1. The van der Waals surface area contributed by atoms with Crippen molar-refractivity contribution >= 4 is 40.4 Å². The molecule has 0 saturated carbocycles. The van der Waals surface area contributed by atoms with Gasteiger partial charge in [-0.15, -0.1) is 0 Å². The third-order valence-electron chi connectivity index (χ3n) is 6.89. The minimum absolute atomic E-state index is 0.0127. The highest BCUT2D eigenvalue weighted by molar-refractivity contribution is 7.07. The molecule has 1 amide bonds. The SMILES string of the molecule is C=CCOC(=O)C1=C(C)N=c2s/c(=C3\C(=O)N(CCCC)c4ccccc43)c(=O)n2[C@@H]1c1ccc(OC(C)=O)cc1. The summed E-state index contributed by atoms with van der Waals surface area (Å²) in [4.78, 5) is 59.4. The third kappa shape index (κ3) is 5.06. The van der Waals surface area contributed by atoms with Crippen molar-refractivity contribution in [3.8, 4) is 5.75 Å². The van der Waals surface area contributed by atoms with Gasteiger partial charge in [0.2, 0.25) is 0 Å². The number of nitrogens with zero attached hydrogens (tertiary/aromatic N) is 3. The van der Waals surface area contributed by atoms with Gasteiger partial charge in [0.1, 0.15) is 16.9 Å². The lowest BCUT2D eigenvalue weighted by atomic mass is 9.96. The van der Waals surface area contributed by atoms with Gasteiger partial charge in [-0.3, -0.25) is 19.0 Å². The molecule has 0 saturated heterocycles. The largest absolute Gasteiger partial charge is 0.458 e. The second-order valence-electron chi connectivity index (χ2n) is 9.65. The number of unbranched alkanes of at least 4 members (excludes halogenated alkanes) is 1. The van der Waals surface area contributed by atoms with Crippen molar-refractivity contribution in [3.63, 3.8) is 0 Å². The minimum atomic E-state index is -0.882. The average Bonchev–Trinajstić information content (AvgIpc) is 3.41. The summed E-state index contributed by atoms with van der Waals surface area (Å²) in [5, 5.41) is 0. The molecular weight excluding hydrogens is 542 g/mol. The Labute approximate surface area is 240 Å². The first-order valence-electron chi connectivity index (χ1n) is 13.3. The minimum Gasteiger partial charge on any atom is -0.458 e. The molecule has 2 aliphatic heterocycles. The lowest BCUT2D eigenvalue weighted by Crippen LogP contribution is -2.41. The zero-order chi connectivity index (χ0) is 29.3. The molecule has 1 aromatic heterocycles. The smallest absolute Gasteiger partial charge is 0.338 e. The fourth-order valence-corrected chi connectivity index (χ4v) is 6.22. The van der Waals surface area contributed by atoms with Gasteiger partial charge >= 0.3 is 11.9 Å². The number of allylic oxidation sites excluding steroid dienone is 1. The van der Waals surface area contributed by atoms with Crippen molar-refractivity contribution in [3.05, 3.63) is 103 Å². The van der Waals surface area contributed by atoms with Gasteiger partial charge in [-0.2, -0.15) is 0 Å². The number of anilines is 1. The Kier molecular flexibility index (Phi) is 7.85. The van der Waals surface area contributed by atoms with Crippen LogP contribution in [0, 0.1) is 0 Å². The van der Waals surface area contributed by atoms with E-state index in [1.165, 1.54) is 17.6 Å². The molecule has 3 aromatic rings. The number of carbonyl (C=O) groups is 3. The Balaban J connectivity index is 1.73. The molecule has 1 atom stereocenters. The topological polar surface area (TPSA) is 107 Å². The first-order chi connectivity index (χ1) is 19.8. The predicted molar refractivity (Wildman–Crippen MR) is 155 cm³/mol. The van der Waals surface area contributed by atoms with Gasteiger partial charge in [0, 0.05) is 19.0 Å². The summed E-state index contributed by atoms with van der Waals surface area (Å²) in [5.41, 5.74) is 2.55. The fourth-order valence-electron chi connectivity index (χ4n) is 5.08. The van der Waals surface area contributed by atoms with Crippen molar-refractivity contribution in [2.45, 2.75) is 39.7 Å². The zero-order valence-corrected chi connectivity index (χ0v) is 23.8. The van der Waals surface area contributed by atoms with E-state index < -0.39 is 23.5 Å². The van der Waals surface area contributed by atoms with E-state index in [2.05, 4.69) is 18.5 Å². The molecule has 2 aromatic carbocycles. The summed E-state index contributed by atoms with van der Waals surface area (Å²) >= 11 is 1.13. The number of hydrogen-bond acceptors (Lipinski definition) is 8. The standard InChI is InChI=1S/C31H29N3O6S/c1-5-7-16-33-23-11-9-8-10-22(23)25(28(33)36)27-29(37)34-26(20-12-14-21(15-13-20)40-19(4)35)24(30(38)39-17-6-2)18(3)32-31(34)41-27/h6,8-15,26H,2,5,7,16-17H2,1,3-4H3/b27-25-/t26-/m1/s1. The molecule has 0 bridgehead atoms. The van der Waals surface area contributed by atoms with Gasteiger partial charge in [-0.1, -0.05) is 67.7 Å². The molecule has 10 heteroatoms. The molecule has 0 unspecified atom stereocenters. The van der Waals surface area contributed by atoms with Crippen LogP contribution in [0.15, 0.2) is 82.2 Å². The number of carbonyl (C=O) groups excluding carboxylic acids is 3. The second-order valence-corrected chi connectivity index (χ2v) is 10.6. The summed E-state index contributed by atoms with van der Waals surface area (Å²) in [5.74, 6) is -1.00. The Morgan fingerprint density at radius 1 is 1.12 bits per heavy atom. The second kappa shape index (κ2) is 11.5. The number of benzene rings is 2. The van der Waals surface area contributed by atoms with E-state index in [0.717, 1.165) is 29.9 Å². The summed E-state index contributed by atoms with van der Waals surface area (Å²) < 4.78 is 12.3. The monoisotopic (exact) mass is 571 g/mol. The Morgan fingerprint density at radius 3 is 2.54 bits per heavy atom. The third-order valence-corrected chi connectivity index (χ3v) is 7.95. The van der Waals surface area contributed by atoms with Crippen LogP contribution in [-0.2, 0) is 19.1 Å². The highest BCUT2D eigenvalue weighted by atomic mass is 32.1. The maximum atomic E-state index is 14.2. The van der Waals surface area contributed by atoms with Gasteiger partial charge in [-0.05, 0) is 37.1 Å². The van der Waals surface area contributed by atoms with Crippen molar-refractivity contribution in [2.75, 3.05) is 18.1 Å². The molecule has 9 nitrogen and oxygen atoms in total. The number of rotatable bonds is 8. The molecule has 0 aliphatic carbocycles.